The van der Waals surface area contributed by atoms with Gasteiger partial charge < -0.3 is 20.5 Å². The van der Waals surface area contributed by atoms with Gasteiger partial charge in [0.1, 0.15) is 12.6 Å². The molecule has 0 unspecified atom stereocenters. The van der Waals surface area contributed by atoms with Crippen LogP contribution in [0.1, 0.15) is 31.7 Å². The van der Waals surface area contributed by atoms with E-state index < -0.39 is 12.1 Å². The Morgan fingerprint density at radius 1 is 1.17 bits per heavy atom. The average molecular weight is 345 g/mol. The maximum Gasteiger partial charge on any atom is 0.407 e. The Bertz CT molecular complexity index is 457. The van der Waals surface area contributed by atoms with Crippen LogP contribution in [-0.4, -0.2) is 31.3 Å². The Hall–Kier alpha value is -1.79. The number of carbonyl (C=O) groups excluding carboxylic acids is 2. The van der Waals surface area contributed by atoms with E-state index in [1.807, 2.05) is 30.3 Å². The summed E-state index contributed by atoms with van der Waals surface area (Å²) in [6.45, 7) is 2.82. The molecule has 1 aromatic carbocycles. The van der Waals surface area contributed by atoms with E-state index in [2.05, 4.69) is 5.32 Å². The predicted octanol–water partition coefficient (Wildman–Crippen LogP) is 2.40. The smallest absolute Gasteiger partial charge is 0.407 e. The van der Waals surface area contributed by atoms with Crippen LogP contribution in [-0.2, 0) is 20.9 Å². The topological polar surface area (TPSA) is 90.6 Å². The largest absolute Gasteiger partial charge is 0.465 e. The Morgan fingerprint density at radius 3 is 2.52 bits per heavy atom. The number of nitrogens with two attached hydrogens (primary N) is 1. The van der Waals surface area contributed by atoms with Crippen molar-refractivity contribution in [3.63, 3.8) is 0 Å². The molecule has 1 amide bonds. The molecule has 0 bridgehead atoms. The summed E-state index contributed by atoms with van der Waals surface area (Å²) in [5, 5.41) is 2.66. The SMILES string of the molecule is CCOC(=O)[C@@H](N)CCCCNC(=O)OCc1ccccc1.Cl. The van der Waals surface area contributed by atoms with E-state index in [9.17, 15) is 9.59 Å². The van der Waals surface area contributed by atoms with Gasteiger partial charge in [-0.25, -0.2) is 4.79 Å². The van der Waals surface area contributed by atoms with Gasteiger partial charge in [-0.1, -0.05) is 30.3 Å². The minimum Gasteiger partial charge on any atom is -0.465 e. The predicted molar refractivity (Wildman–Crippen MR) is 90.3 cm³/mol. The second-order valence-electron chi connectivity index (χ2n) is 4.84. The number of unbranched alkanes of at least 4 members (excludes halogenated alkanes) is 1. The molecule has 0 aliphatic heterocycles. The maximum atomic E-state index is 11.5. The van der Waals surface area contributed by atoms with Gasteiger partial charge in [0.15, 0.2) is 0 Å². The van der Waals surface area contributed by atoms with E-state index >= 15 is 0 Å². The van der Waals surface area contributed by atoms with E-state index in [1.54, 1.807) is 6.92 Å². The fraction of sp³-hybridized carbons (Fsp3) is 0.500. The maximum absolute atomic E-state index is 11.5. The van der Waals surface area contributed by atoms with Gasteiger partial charge >= 0.3 is 12.1 Å². The molecule has 0 spiro atoms. The first-order chi connectivity index (χ1) is 10.6. The van der Waals surface area contributed by atoms with Gasteiger partial charge in [-0.15, -0.1) is 12.4 Å². The Balaban J connectivity index is 0.00000484. The van der Waals surface area contributed by atoms with E-state index in [-0.39, 0.29) is 25.0 Å². The normalized spacial score (nSPS) is 11.0. The zero-order valence-corrected chi connectivity index (χ0v) is 14.1. The third-order valence-corrected chi connectivity index (χ3v) is 3.01. The molecule has 0 aliphatic rings. The number of esters is 1. The van der Waals surface area contributed by atoms with Gasteiger partial charge in [0, 0.05) is 6.54 Å². The van der Waals surface area contributed by atoms with Crippen molar-refractivity contribution in [2.75, 3.05) is 13.2 Å². The average Bonchev–Trinajstić information content (AvgIpc) is 2.53. The molecule has 0 aromatic heterocycles. The second kappa shape index (κ2) is 12.7. The molecule has 23 heavy (non-hydrogen) atoms. The van der Waals surface area contributed by atoms with Gasteiger partial charge in [0.25, 0.3) is 0 Å². The zero-order valence-electron chi connectivity index (χ0n) is 13.3. The quantitative estimate of drug-likeness (QED) is 0.530. The molecule has 1 aromatic rings. The minimum absolute atomic E-state index is 0. The van der Waals surface area contributed by atoms with Crippen molar-refractivity contribution in [2.24, 2.45) is 5.73 Å². The third kappa shape index (κ3) is 9.76. The second-order valence-corrected chi connectivity index (χ2v) is 4.84. The molecular weight excluding hydrogens is 320 g/mol. The number of nitrogens with one attached hydrogen (secondary N) is 1. The number of halogens is 1. The summed E-state index contributed by atoms with van der Waals surface area (Å²) in [6, 6.07) is 8.89. The molecule has 0 saturated heterocycles. The zero-order chi connectivity index (χ0) is 16.2. The van der Waals surface area contributed by atoms with Crippen molar-refractivity contribution in [1.29, 1.82) is 0 Å². The molecular formula is C16H25ClN2O4. The number of rotatable bonds is 9. The molecule has 0 heterocycles. The summed E-state index contributed by atoms with van der Waals surface area (Å²) < 4.78 is 9.90. The van der Waals surface area contributed by atoms with Gasteiger partial charge in [0.2, 0.25) is 0 Å². The first-order valence-electron chi connectivity index (χ1n) is 7.50. The summed E-state index contributed by atoms with van der Waals surface area (Å²) >= 11 is 0. The van der Waals surface area contributed by atoms with Crippen molar-refractivity contribution in [3.05, 3.63) is 35.9 Å². The van der Waals surface area contributed by atoms with Crippen LogP contribution >= 0.6 is 12.4 Å². The summed E-state index contributed by atoms with van der Waals surface area (Å²) in [5.74, 6) is -0.377. The standard InChI is InChI=1S/C16H24N2O4.ClH/c1-2-21-15(19)14(17)10-6-7-11-18-16(20)22-12-13-8-4-3-5-9-13;/h3-5,8-9,14H,2,6-7,10-12,17H2,1H3,(H,18,20);1H/t14-;/m0./s1. The number of benzene rings is 1. The molecule has 7 heteroatoms. The van der Waals surface area contributed by atoms with Crippen LogP contribution in [0.5, 0.6) is 0 Å². The first-order valence-corrected chi connectivity index (χ1v) is 7.50. The number of ether oxygens (including phenoxy) is 2. The molecule has 3 N–H and O–H groups in total. The van der Waals surface area contributed by atoms with E-state index in [1.165, 1.54) is 0 Å². The van der Waals surface area contributed by atoms with Crippen molar-refractivity contribution in [1.82, 2.24) is 5.32 Å². The van der Waals surface area contributed by atoms with Crippen LogP contribution in [0.3, 0.4) is 0 Å². The van der Waals surface area contributed by atoms with Crippen LogP contribution in [0.25, 0.3) is 0 Å². The lowest BCUT2D eigenvalue weighted by Crippen LogP contribution is -2.32. The highest BCUT2D eigenvalue weighted by Crippen LogP contribution is 2.02. The van der Waals surface area contributed by atoms with Crippen LogP contribution < -0.4 is 11.1 Å². The lowest BCUT2D eigenvalue weighted by atomic mass is 10.1. The molecule has 0 aliphatic carbocycles. The molecule has 0 radical (unpaired) electrons. The highest BCUT2D eigenvalue weighted by atomic mass is 35.5. The summed E-state index contributed by atoms with van der Waals surface area (Å²) in [7, 11) is 0. The van der Waals surface area contributed by atoms with Crippen molar-refractivity contribution in [3.8, 4) is 0 Å². The van der Waals surface area contributed by atoms with Gasteiger partial charge in [-0.2, -0.15) is 0 Å². The highest BCUT2D eigenvalue weighted by Gasteiger charge is 2.13. The van der Waals surface area contributed by atoms with E-state index in [0.29, 0.717) is 19.6 Å². The van der Waals surface area contributed by atoms with Crippen LogP contribution in [0.15, 0.2) is 30.3 Å². The number of hydrogen-bond acceptors (Lipinski definition) is 5. The Labute approximate surface area is 143 Å². The van der Waals surface area contributed by atoms with Crippen molar-refractivity contribution < 1.29 is 19.1 Å². The number of amides is 1. The minimum atomic E-state index is -0.593. The fourth-order valence-electron chi connectivity index (χ4n) is 1.82. The summed E-state index contributed by atoms with van der Waals surface area (Å²) in [5.41, 5.74) is 6.61. The number of alkyl carbamates (subject to hydrolysis) is 1. The molecule has 0 saturated carbocycles. The molecule has 1 atom stereocenters. The van der Waals surface area contributed by atoms with Gasteiger partial charge in [0.05, 0.1) is 6.61 Å². The van der Waals surface area contributed by atoms with E-state index in [0.717, 1.165) is 18.4 Å². The molecule has 6 nitrogen and oxygen atoms in total. The number of carbonyl (C=O) groups is 2. The lowest BCUT2D eigenvalue weighted by molar-refractivity contribution is -0.144. The molecule has 130 valence electrons. The third-order valence-electron chi connectivity index (χ3n) is 3.01. The van der Waals surface area contributed by atoms with Gasteiger partial charge in [-0.3, -0.25) is 4.79 Å². The van der Waals surface area contributed by atoms with Crippen molar-refractivity contribution in [2.45, 2.75) is 38.8 Å². The lowest BCUT2D eigenvalue weighted by Gasteiger charge is -2.10. The summed E-state index contributed by atoms with van der Waals surface area (Å²) in [4.78, 5) is 22.8. The van der Waals surface area contributed by atoms with Crippen molar-refractivity contribution >= 4 is 24.5 Å². The van der Waals surface area contributed by atoms with Crippen LogP contribution in [0.2, 0.25) is 0 Å². The highest BCUT2D eigenvalue weighted by molar-refractivity contribution is 5.85. The Kier molecular flexibility index (Phi) is 11.7. The summed E-state index contributed by atoms with van der Waals surface area (Å²) in [6.07, 6.45) is 1.56. The van der Waals surface area contributed by atoms with Crippen LogP contribution in [0.4, 0.5) is 4.79 Å². The van der Waals surface area contributed by atoms with Crippen LogP contribution in [0, 0.1) is 0 Å². The molecule has 1 rings (SSSR count). The number of hydrogen-bond donors (Lipinski definition) is 2. The molecule has 0 fully saturated rings. The first kappa shape index (κ1) is 21.2. The fourth-order valence-corrected chi connectivity index (χ4v) is 1.82. The Morgan fingerprint density at radius 2 is 1.87 bits per heavy atom. The van der Waals surface area contributed by atoms with Gasteiger partial charge in [-0.05, 0) is 31.7 Å². The van der Waals surface area contributed by atoms with E-state index in [4.69, 9.17) is 15.2 Å². The monoisotopic (exact) mass is 344 g/mol.